The number of hydrogen-bond donors (Lipinski definition) is 1. The summed E-state index contributed by atoms with van der Waals surface area (Å²) in [5.74, 6) is 3.34. The van der Waals surface area contributed by atoms with Crippen molar-refractivity contribution in [3.63, 3.8) is 0 Å². The Morgan fingerprint density at radius 3 is 2.52 bits per heavy atom. The largest absolute Gasteiger partial charge is 0.393 e. The lowest BCUT2D eigenvalue weighted by molar-refractivity contribution is 0.0133. The fourth-order valence-electron chi connectivity index (χ4n) is 8.31. The fourth-order valence-corrected chi connectivity index (χ4v) is 8.31. The number of hydrogen-bond acceptors (Lipinski definition) is 1. The first-order valence-corrected chi connectivity index (χ1v) is 12.7. The van der Waals surface area contributed by atoms with E-state index >= 15 is 0 Å². The molecule has 4 rings (SSSR count). The highest BCUT2D eigenvalue weighted by Crippen LogP contribution is 2.66. The molecule has 29 heavy (non-hydrogen) atoms. The molecule has 2 fully saturated rings. The van der Waals surface area contributed by atoms with Gasteiger partial charge in [-0.15, -0.1) is 0 Å². The summed E-state index contributed by atoms with van der Waals surface area (Å²) in [5.41, 5.74) is 7.84. The first-order valence-electron chi connectivity index (χ1n) is 12.7. The summed E-state index contributed by atoms with van der Waals surface area (Å²) < 4.78 is 0. The lowest BCUT2D eigenvalue weighted by Gasteiger charge is -2.55. The van der Waals surface area contributed by atoms with Crippen molar-refractivity contribution in [3.8, 4) is 0 Å². The van der Waals surface area contributed by atoms with Gasteiger partial charge in [-0.3, -0.25) is 0 Å². The van der Waals surface area contributed by atoms with Crippen LogP contribution in [0.4, 0.5) is 0 Å². The molecule has 0 radical (unpaired) electrons. The Balaban J connectivity index is 1.54. The predicted octanol–water partition coefficient (Wildman–Crippen LogP) is 7.84. The maximum Gasteiger partial charge on any atom is 0.0543 e. The highest BCUT2D eigenvalue weighted by atomic mass is 16.3. The molecule has 0 heterocycles. The first-order chi connectivity index (χ1) is 13.7. The molecule has 0 spiro atoms. The lowest BCUT2D eigenvalue weighted by atomic mass is 9.50. The molecule has 0 aromatic heterocycles. The van der Waals surface area contributed by atoms with Gasteiger partial charge in [-0.1, -0.05) is 43.1 Å². The van der Waals surface area contributed by atoms with E-state index in [1.165, 1.54) is 63.4 Å². The van der Waals surface area contributed by atoms with E-state index in [1.54, 1.807) is 5.57 Å². The fraction of sp³-hybridized carbons (Fsp3) is 0.857. The van der Waals surface area contributed by atoms with E-state index < -0.39 is 0 Å². The summed E-state index contributed by atoms with van der Waals surface area (Å²) in [6.07, 6.45) is 14.2. The van der Waals surface area contributed by atoms with Gasteiger partial charge in [0, 0.05) is 0 Å². The zero-order valence-electron chi connectivity index (χ0n) is 20.1. The second kappa shape index (κ2) is 7.85. The molecule has 1 nitrogen and oxygen atoms in total. The lowest BCUT2D eigenvalue weighted by Crippen LogP contribution is -2.45. The highest BCUT2D eigenvalue weighted by Gasteiger charge is 2.55. The third-order valence-electron chi connectivity index (χ3n) is 10.6. The van der Waals surface area contributed by atoms with E-state index in [0.29, 0.717) is 10.8 Å². The minimum atomic E-state index is -0.0370. The molecule has 4 aliphatic carbocycles. The van der Waals surface area contributed by atoms with Crippen LogP contribution < -0.4 is 0 Å². The van der Waals surface area contributed by atoms with Crippen LogP contribution in [0.5, 0.6) is 0 Å². The van der Waals surface area contributed by atoms with Gasteiger partial charge in [0.1, 0.15) is 0 Å². The van der Waals surface area contributed by atoms with Gasteiger partial charge in [0.2, 0.25) is 0 Å². The molecule has 1 heteroatoms. The van der Waals surface area contributed by atoms with E-state index in [9.17, 15) is 5.11 Å². The molecule has 7 atom stereocenters. The van der Waals surface area contributed by atoms with Crippen molar-refractivity contribution in [2.45, 2.75) is 118 Å². The van der Waals surface area contributed by atoms with E-state index in [1.807, 2.05) is 11.1 Å². The van der Waals surface area contributed by atoms with Gasteiger partial charge < -0.3 is 5.11 Å². The zero-order valence-corrected chi connectivity index (χ0v) is 20.1. The van der Waals surface area contributed by atoms with Gasteiger partial charge in [0.25, 0.3) is 0 Å². The van der Waals surface area contributed by atoms with Crippen molar-refractivity contribution >= 4 is 0 Å². The molecule has 2 saturated carbocycles. The van der Waals surface area contributed by atoms with Crippen molar-refractivity contribution in [2.24, 2.45) is 34.5 Å². The molecule has 0 unspecified atom stereocenters. The average Bonchev–Trinajstić information content (AvgIpc) is 3.03. The molecular weight excluding hydrogens is 352 g/mol. The number of aliphatic hydroxyl groups is 1. The predicted molar refractivity (Wildman–Crippen MR) is 124 cm³/mol. The topological polar surface area (TPSA) is 20.2 Å². The second-order valence-corrected chi connectivity index (χ2v) is 12.1. The first kappa shape index (κ1) is 21.7. The maximum absolute atomic E-state index is 10.3. The molecule has 1 N–H and O–H groups in total. The van der Waals surface area contributed by atoms with Crippen LogP contribution in [0.25, 0.3) is 0 Å². The Morgan fingerprint density at radius 1 is 1.03 bits per heavy atom. The van der Waals surface area contributed by atoms with Gasteiger partial charge in [-0.2, -0.15) is 0 Å². The normalized spacial score (nSPS) is 42.7. The van der Waals surface area contributed by atoms with Crippen LogP contribution in [0.1, 0.15) is 112 Å². The smallest absolute Gasteiger partial charge is 0.0543 e. The van der Waals surface area contributed by atoms with E-state index in [4.69, 9.17) is 0 Å². The molecular formula is C28H46O. The summed E-state index contributed by atoms with van der Waals surface area (Å²) in [5, 5.41) is 10.3. The molecule has 164 valence electrons. The van der Waals surface area contributed by atoms with Crippen molar-refractivity contribution < 1.29 is 5.11 Å². The molecule has 0 aromatic rings. The standard InChI is InChI=1S/C28H46O/c1-18(2)19(3)7-8-20(4)24-11-12-25-23-10-9-21-17-22(29)13-15-27(21,5)26(23)14-16-28(24,25)6/h20-22,24-25,29H,7-17H2,1-6H3/t20-,21+,22+,24-,25+,27+,28-/m1/s1. The monoisotopic (exact) mass is 398 g/mol. The van der Waals surface area contributed by atoms with Gasteiger partial charge >= 0.3 is 0 Å². The average molecular weight is 399 g/mol. The van der Waals surface area contributed by atoms with Crippen LogP contribution in [-0.4, -0.2) is 11.2 Å². The summed E-state index contributed by atoms with van der Waals surface area (Å²) in [4.78, 5) is 0. The van der Waals surface area contributed by atoms with Crippen molar-refractivity contribution in [3.05, 3.63) is 22.3 Å². The van der Waals surface area contributed by atoms with Crippen molar-refractivity contribution in [2.75, 3.05) is 0 Å². The highest BCUT2D eigenvalue weighted by molar-refractivity contribution is 5.34. The van der Waals surface area contributed by atoms with E-state index in [-0.39, 0.29) is 6.10 Å². The third kappa shape index (κ3) is 3.58. The minimum Gasteiger partial charge on any atom is -0.393 e. The molecule has 0 bridgehead atoms. The SMILES string of the molecule is CC(C)=C(C)CC[C@@H](C)[C@H]1CC[C@H]2C3=C(CC[C@]12C)[C@@]1(C)CC[C@H](O)C[C@@H]1CC3. The molecule has 0 aromatic carbocycles. The van der Waals surface area contributed by atoms with Crippen LogP contribution in [0.2, 0.25) is 0 Å². The third-order valence-corrected chi connectivity index (χ3v) is 10.6. The van der Waals surface area contributed by atoms with Crippen LogP contribution in [0.3, 0.4) is 0 Å². The minimum absolute atomic E-state index is 0.0370. The number of aliphatic hydroxyl groups excluding tert-OH is 1. The van der Waals surface area contributed by atoms with E-state index in [0.717, 1.165) is 36.5 Å². The summed E-state index contributed by atoms with van der Waals surface area (Å²) in [6.45, 7) is 14.7. The van der Waals surface area contributed by atoms with Gasteiger partial charge in [-0.25, -0.2) is 0 Å². The van der Waals surface area contributed by atoms with Crippen LogP contribution in [0, 0.1) is 34.5 Å². The number of fused-ring (bicyclic) bond motifs is 4. The van der Waals surface area contributed by atoms with Crippen LogP contribution in [0.15, 0.2) is 22.3 Å². The Bertz CT molecular complexity index is 695. The second-order valence-electron chi connectivity index (χ2n) is 12.1. The maximum atomic E-state index is 10.3. The Labute approximate surface area is 180 Å². The molecule has 0 saturated heterocycles. The quantitative estimate of drug-likeness (QED) is 0.478. The van der Waals surface area contributed by atoms with E-state index in [2.05, 4.69) is 41.5 Å². The molecule has 0 amide bonds. The van der Waals surface area contributed by atoms with Crippen LogP contribution >= 0.6 is 0 Å². The summed E-state index contributed by atoms with van der Waals surface area (Å²) >= 11 is 0. The van der Waals surface area contributed by atoms with Crippen molar-refractivity contribution in [1.82, 2.24) is 0 Å². The van der Waals surface area contributed by atoms with Crippen molar-refractivity contribution in [1.29, 1.82) is 0 Å². The van der Waals surface area contributed by atoms with Gasteiger partial charge in [0.15, 0.2) is 0 Å². The van der Waals surface area contributed by atoms with Crippen LogP contribution in [-0.2, 0) is 0 Å². The Morgan fingerprint density at radius 2 is 1.79 bits per heavy atom. The number of allylic oxidation sites excluding steroid dienone is 4. The molecule has 4 aliphatic rings. The Hall–Kier alpha value is -0.560. The summed E-state index contributed by atoms with van der Waals surface area (Å²) in [7, 11) is 0. The van der Waals surface area contributed by atoms with Gasteiger partial charge in [0.05, 0.1) is 6.10 Å². The molecule has 0 aliphatic heterocycles. The summed E-state index contributed by atoms with van der Waals surface area (Å²) in [6, 6.07) is 0. The zero-order chi connectivity index (χ0) is 21.0. The van der Waals surface area contributed by atoms with Gasteiger partial charge in [-0.05, 0) is 126 Å². The Kier molecular flexibility index (Phi) is 5.86. The number of rotatable bonds is 4.